The van der Waals surface area contributed by atoms with Gasteiger partial charge in [-0.15, -0.1) is 0 Å². The summed E-state index contributed by atoms with van der Waals surface area (Å²) in [6.45, 7) is 6.02. The lowest BCUT2D eigenvalue weighted by molar-refractivity contribution is -0.120. The number of nitrogens with zero attached hydrogens (tertiary/aromatic N) is 3. The molecule has 1 amide bonds. The second kappa shape index (κ2) is 8.88. The number of fused-ring (bicyclic) bond motifs is 1. The van der Waals surface area contributed by atoms with E-state index in [1.165, 1.54) is 10.9 Å². The highest BCUT2D eigenvalue weighted by Crippen LogP contribution is 2.28. The SMILES string of the molecule is CCOC(=O)c1cnn(-c2cc(C)c3cccc(C)c3n2)c1NC(=O)C1CCCCC1. The summed E-state index contributed by atoms with van der Waals surface area (Å²) in [5.41, 5.74) is 3.19. The van der Waals surface area contributed by atoms with Gasteiger partial charge in [0.2, 0.25) is 5.91 Å². The van der Waals surface area contributed by atoms with Gasteiger partial charge in [0, 0.05) is 11.3 Å². The van der Waals surface area contributed by atoms with Gasteiger partial charge in [-0.2, -0.15) is 9.78 Å². The van der Waals surface area contributed by atoms with Crippen molar-refractivity contribution in [1.82, 2.24) is 14.8 Å². The maximum atomic E-state index is 13.0. The molecule has 2 heterocycles. The predicted molar refractivity (Wildman–Crippen MR) is 120 cm³/mol. The number of carbonyl (C=O) groups excluding carboxylic acids is 2. The predicted octanol–water partition coefficient (Wildman–Crippen LogP) is 4.73. The van der Waals surface area contributed by atoms with Crippen LogP contribution in [0.15, 0.2) is 30.5 Å². The molecular weight excluding hydrogens is 392 g/mol. The Kier molecular flexibility index (Phi) is 6.02. The fraction of sp³-hybridized carbons (Fsp3) is 0.417. The number of esters is 1. The van der Waals surface area contributed by atoms with Crippen molar-refractivity contribution in [2.45, 2.75) is 52.9 Å². The van der Waals surface area contributed by atoms with Crippen LogP contribution in [0.4, 0.5) is 5.82 Å². The van der Waals surface area contributed by atoms with Gasteiger partial charge in [-0.3, -0.25) is 4.79 Å². The summed E-state index contributed by atoms with van der Waals surface area (Å²) < 4.78 is 6.73. The molecule has 1 aliphatic rings. The van der Waals surface area contributed by atoms with Crippen molar-refractivity contribution in [3.63, 3.8) is 0 Å². The molecule has 0 radical (unpaired) electrons. The van der Waals surface area contributed by atoms with Gasteiger partial charge in [0.1, 0.15) is 5.56 Å². The van der Waals surface area contributed by atoms with Crippen LogP contribution in [-0.2, 0) is 9.53 Å². The van der Waals surface area contributed by atoms with Crippen LogP contribution in [0.5, 0.6) is 0 Å². The van der Waals surface area contributed by atoms with E-state index >= 15 is 0 Å². The summed E-state index contributed by atoms with van der Waals surface area (Å²) >= 11 is 0. The molecule has 1 saturated carbocycles. The standard InChI is InChI=1S/C24H28N4O3/c1-4-31-24(30)19-14-25-28(22(19)27-23(29)17-10-6-5-7-11-17)20-13-16(3)18-12-8-9-15(2)21(18)26-20/h8-9,12-14,17H,4-7,10-11H2,1-3H3,(H,27,29). The number of ether oxygens (including phenoxy) is 1. The molecule has 0 saturated heterocycles. The van der Waals surface area contributed by atoms with E-state index in [0.29, 0.717) is 11.6 Å². The molecule has 0 atom stereocenters. The number of hydrogen-bond acceptors (Lipinski definition) is 5. The van der Waals surface area contributed by atoms with Gasteiger partial charge in [-0.1, -0.05) is 37.5 Å². The van der Waals surface area contributed by atoms with Crippen LogP contribution in [0, 0.1) is 19.8 Å². The Morgan fingerprint density at radius 3 is 2.68 bits per heavy atom. The largest absolute Gasteiger partial charge is 0.462 e. The van der Waals surface area contributed by atoms with E-state index in [2.05, 4.69) is 10.4 Å². The molecule has 162 valence electrons. The fourth-order valence-corrected chi connectivity index (χ4v) is 4.24. The van der Waals surface area contributed by atoms with E-state index in [1.54, 1.807) is 6.92 Å². The molecule has 0 unspecified atom stereocenters. The fourth-order valence-electron chi connectivity index (χ4n) is 4.24. The van der Waals surface area contributed by atoms with Crippen molar-refractivity contribution in [2.75, 3.05) is 11.9 Å². The molecule has 1 fully saturated rings. The quantitative estimate of drug-likeness (QED) is 0.603. The summed E-state index contributed by atoms with van der Waals surface area (Å²) in [5, 5.41) is 8.44. The monoisotopic (exact) mass is 420 g/mol. The third kappa shape index (κ3) is 4.17. The first-order chi connectivity index (χ1) is 15.0. The van der Waals surface area contributed by atoms with Crippen molar-refractivity contribution in [2.24, 2.45) is 5.92 Å². The number of rotatable bonds is 5. The van der Waals surface area contributed by atoms with E-state index in [4.69, 9.17) is 9.72 Å². The maximum Gasteiger partial charge on any atom is 0.343 e. The number of aromatic nitrogens is 3. The Balaban J connectivity index is 1.79. The zero-order valence-electron chi connectivity index (χ0n) is 18.3. The Bertz CT molecular complexity index is 1130. The first-order valence-electron chi connectivity index (χ1n) is 10.9. The number of hydrogen-bond donors (Lipinski definition) is 1. The summed E-state index contributed by atoms with van der Waals surface area (Å²) in [6.07, 6.45) is 6.42. The Hall–Kier alpha value is -3.22. The Labute approximate surface area is 181 Å². The highest BCUT2D eigenvalue weighted by atomic mass is 16.5. The summed E-state index contributed by atoms with van der Waals surface area (Å²) in [5.74, 6) is 0.213. The molecule has 0 spiro atoms. The summed E-state index contributed by atoms with van der Waals surface area (Å²) in [6, 6.07) is 7.97. The number of para-hydroxylation sites is 1. The Morgan fingerprint density at radius 2 is 1.94 bits per heavy atom. The highest BCUT2D eigenvalue weighted by molar-refractivity contribution is 6.01. The molecule has 1 aromatic carbocycles. The van der Waals surface area contributed by atoms with Gasteiger partial charge in [0.15, 0.2) is 11.6 Å². The van der Waals surface area contributed by atoms with Crippen molar-refractivity contribution in [3.05, 3.63) is 47.2 Å². The van der Waals surface area contributed by atoms with Gasteiger partial charge in [-0.05, 0) is 50.8 Å². The number of amides is 1. The zero-order chi connectivity index (χ0) is 22.0. The average Bonchev–Trinajstić information content (AvgIpc) is 3.18. The molecule has 1 aliphatic carbocycles. The van der Waals surface area contributed by atoms with E-state index in [0.717, 1.165) is 54.1 Å². The van der Waals surface area contributed by atoms with Crippen molar-refractivity contribution >= 4 is 28.6 Å². The van der Waals surface area contributed by atoms with Gasteiger partial charge >= 0.3 is 5.97 Å². The number of pyridine rings is 1. The molecule has 31 heavy (non-hydrogen) atoms. The second-order valence-electron chi connectivity index (χ2n) is 8.13. The van der Waals surface area contributed by atoms with Gasteiger partial charge in [0.25, 0.3) is 0 Å². The van der Waals surface area contributed by atoms with Crippen molar-refractivity contribution < 1.29 is 14.3 Å². The molecule has 1 N–H and O–H groups in total. The van der Waals surface area contributed by atoms with Crippen LogP contribution in [0.25, 0.3) is 16.7 Å². The van der Waals surface area contributed by atoms with Crippen LogP contribution in [0.1, 0.15) is 60.5 Å². The number of carbonyl (C=O) groups is 2. The third-order valence-electron chi connectivity index (χ3n) is 5.93. The normalized spacial score (nSPS) is 14.5. The number of aryl methyl sites for hydroxylation is 2. The maximum absolute atomic E-state index is 13.0. The summed E-state index contributed by atoms with van der Waals surface area (Å²) in [4.78, 5) is 30.3. The minimum atomic E-state index is -0.513. The van der Waals surface area contributed by atoms with Gasteiger partial charge < -0.3 is 10.1 Å². The lowest BCUT2D eigenvalue weighted by Crippen LogP contribution is -2.27. The second-order valence-corrected chi connectivity index (χ2v) is 8.13. The minimum absolute atomic E-state index is 0.0549. The first-order valence-corrected chi connectivity index (χ1v) is 10.9. The van der Waals surface area contributed by atoms with E-state index in [9.17, 15) is 9.59 Å². The molecule has 0 bridgehead atoms. The van der Waals surface area contributed by atoms with Crippen LogP contribution in [0.2, 0.25) is 0 Å². The minimum Gasteiger partial charge on any atom is -0.462 e. The summed E-state index contributed by atoms with van der Waals surface area (Å²) in [7, 11) is 0. The van der Waals surface area contributed by atoms with Crippen LogP contribution in [-0.4, -0.2) is 33.2 Å². The molecule has 4 rings (SSSR count). The number of benzene rings is 1. The molecular formula is C24H28N4O3. The molecule has 7 heteroatoms. The lowest BCUT2D eigenvalue weighted by Gasteiger charge is -2.21. The zero-order valence-corrected chi connectivity index (χ0v) is 18.3. The number of anilines is 1. The smallest absolute Gasteiger partial charge is 0.343 e. The van der Waals surface area contributed by atoms with Crippen molar-refractivity contribution in [1.29, 1.82) is 0 Å². The molecule has 7 nitrogen and oxygen atoms in total. The van der Waals surface area contributed by atoms with E-state index in [-0.39, 0.29) is 24.0 Å². The van der Waals surface area contributed by atoms with Gasteiger partial charge in [-0.25, -0.2) is 9.78 Å². The molecule has 3 aromatic rings. The Morgan fingerprint density at radius 1 is 1.16 bits per heavy atom. The number of nitrogens with one attached hydrogen (secondary N) is 1. The van der Waals surface area contributed by atoms with Crippen LogP contribution in [0.3, 0.4) is 0 Å². The molecule has 2 aromatic heterocycles. The van der Waals surface area contributed by atoms with E-state index in [1.807, 2.05) is 38.1 Å². The van der Waals surface area contributed by atoms with Crippen molar-refractivity contribution in [3.8, 4) is 5.82 Å². The first kappa shape index (κ1) is 21.0. The average molecular weight is 421 g/mol. The van der Waals surface area contributed by atoms with Crippen LogP contribution < -0.4 is 5.32 Å². The topological polar surface area (TPSA) is 86.1 Å². The molecule has 0 aliphatic heterocycles. The van der Waals surface area contributed by atoms with Gasteiger partial charge in [0.05, 0.1) is 18.3 Å². The van der Waals surface area contributed by atoms with Crippen LogP contribution >= 0.6 is 0 Å². The highest BCUT2D eigenvalue weighted by Gasteiger charge is 2.27. The third-order valence-corrected chi connectivity index (χ3v) is 5.93. The van der Waals surface area contributed by atoms with E-state index < -0.39 is 5.97 Å². The lowest BCUT2D eigenvalue weighted by atomic mass is 9.88.